The predicted octanol–water partition coefficient (Wildman–Crippen LogP) is 6.50. The van der Waals surface area contributed by atoms with Crippen LogP contribution in [0, 0.1) is 19.8 Å². The molecule has 11 heteroatoms. The molecule has 0 unspecified atom stereocenters. The van der Waals surface area contributed by atoms with Gasteiger partial charge in [0.2, 0.25) is 5.91 Å². The van der Waals surface area contributed by atoms with E-state index in [4.69, 9.17) is 33.2 Å². The standard InChI is InChI=1S/C38H46N2O9/c1-21(2)20-49-38(42)40-28-18-26-30(36(48-10)35(47-9)23(4)33(26)45-7)31(40)27(39(37(28)41)19-24-14-12-11-13-15-24)16-25-17-29(43-5)34(46-8)22(3)32(25)44-6/h11-17,21,28,31H,18-20H2,1-10H3/t28-,31+/m0/s1. The number of carbonyl (C=O) groups excluding carboxylic acids is 2. The molecule has 0 N–H and O–H groups in total. The number of piperazine rings is 1. The minimum Gasteiger partial charge on any atom is -0.496 e. The lowest BCUT2D eigenvalue weighted by molar-refractivity contribution is -0.141. The Hall–Kier alpha value is -5.06. The molecule has 2 amide bonds. The maximum absolute atomic E-state index is 14.9. The van der Waals surface area contributed by atoms with Crippen molar-refractivity contribution in [3.05, 3.63) is 75.5 Å². The van der Waals surface area contributed by atoms with Gasteiger partial charge < -0.3 is 38.1 Å². The van der Waals surface area contributed by atoms with Crippen molar-refractivity contribution >= 4 is 18.1 Å². The summed E-state index contributed by atoms with van der Waals surface area (Å²) in [5.41, 5.74) is 4.87. The molecule has 0 aromatic heterocycles. The van der Waals surface area contributed by atoms with E-state index in [0.29, 0.717) is 56.9 Å². The van der Waals surface area contributed by atoms with E-state index < -0.39 is 18.2 Å². The first kappa shape index (κ1) is 35.3. The number of hydrogen-bond acceptors (Lipinski definition) is 9. The van der Waals surface area contributed by atoms with Gasteiger partial charge in [0.05, 0.1) is 55.8 Å². The van der Waals surface area contributed by atoms with Gasteiger partial charge >= 0.3 is 6.09 Å². The third-order valence-corrected chi connectivity index (χ3v) is 9.09. The van der Waals surface area contributed by atoms with Gasteiger partial charge in [-0.2, -0.15) is 0 Å². The minimum atomic E-state index is -0.890. The highest BCUT2D eigenvalue weighted by Gasteiger charge is 2.54. The van der Waals surface area contributed by atoms with Gasteiger partial charge in [-0.25, -0.2) is 4.79 Å². The second-order valence-electron chi connectivity index (χ2n) is 12.5. The van der Waals surface area contributed by atoms with E-state index in [1.165, 1.54) is 4.90 Å². The number of methoxy groups -OCH3 is 6. The van der Waals surface area contributed by atoms with Crippen molar-refractivity contribution in [2.45, 2.75) is 52.7 Å². The summed E-state index contributed by atoms with van der Waals surface area (Å²) in [6.07, 6.45) is 1.44. The van der Waals surface area contributed by atoms with E-state index in [-0.39, 0.29) is 31.4 Å². The minimum absolute atomic E-state index is 0.0811. The molecule has 11 nitrogen and oxygen atoms in total. The van der Waals surface area contributed by atoms with Crippen LogP contribution in [0.2, 0.25) is 0 Å². The zero-order chi connectivity index (χ0) is 35.6. The highest BCUT2D eigenvalue weighted by atomic mass is 16.6. The molecule has 49 heavy (non-hydrogen) atoms. The molecule has 2 aliphatic heterocycles. The molecule has 3 aromatic carbocycles. The van der Waals surface area contributed by atoms with Crippen LogP contribution >= 0.6 is 0 Å². The van der Waals surface area contributed by atoms with Crippen molar-refractivity contribution in [2.24, 2.45) is 5.92 Å². The monoisotopic (exact) mass is 674 g/mol. The summed E-state index contributed by atoms with van der Waals surface area (Å²) in [6.45, 7) is 8.12. The maximum Gasteiger partial charge on any atom is 0.411 e. The first-order chi connectivity index (χ1) is 23.6. The highest BCUT2D eigenvalue weighted by Crippen LogP contribution is 2.55. The molecule has 3 aromatic rings. The van der Waals surface area contributed by atoms with Crippen LogP contribution in [0.3, 0.4) is 0 Å². The van der Waals surface area contributed by atoms with Crippen molar-refractivity contribution < 1.29 is 42.7 Å². The lowest BCUT2D eigenvalue weighted by Gasteiger charge is -2.51. The van der Waals surface area contributed by atoms with Gasteiger partial charge in [0, 0.05) is 39.9 Å². The second-order valence-corrected chi connectivity index (χ2v) is 12.5. The predicted molar refractivity (Wildman–Crippen MR) is 185 cm³/mol. The number of nitrogens with zero attached hydrogens (tertiary/aromatic N) is 2. The maximum atomic E-state index is 14.9. The van der Waals surface area contributed by atoms with Gasteiger partial charge in [-0.3, -0.25) is 9.69 Å². The van der Waals surface area contributed by atoms with Crippen LogP contribution in [0.25, 0.3) is 6.08 Å². The molecule has 2 heterocycles. The molecule has 2 aliphatic rings. The molecule has 262 valence electrons. The average Bonchev–Trinajstić information content (AvgIpc) is 3.10. The largest absolute Gasteiger partial charge is 0.496 e. The number of fused-ring (bicyclic) bond motifs is 4. The average molecular weight is 675 g/mol. The number of benzene rings is 3. The quantitative estimate of drug-likeness (QED) is 0.226. The molecular formula is C38H46N2O9. The van der Waals surface area contributed by atoms with Crippen molar-refractivity contribution in [3.63, 3.8) is 0 Å². The van der Waals surface area contributed by atoms with Crippen LogP contribution in [0.5, 0.6) is 34.5 Å². The third-order valence-electron chi connectivity index (χ3n) is 9.09. The van der Waals surface area contributed by atoms with E-state index in [1.807, 2.05) is 64.1 Å². The van der Waals surface area contributed by atoms with Gasteiger partial charge in [0.15, 0.2) is 23.0 Å². The van der Waals surface area contributed by atoms with Crippen LogP contribution < -0.4 is 28.4 Å². The number of amides is 2. The summed E-state index contributed by atoms with van der Waals surface area (Å²) in [5, 5.41) is 0. The fraction of sp³-hybridized carbons (Fsp3) is 0.421. The summed E-state index contributed by atoms with van der Waals surface area (Å²) in [7, 11) is 9.43. The SMILES string of the molecule is COc1cc(C=C2[C@@H]3c4c(c(OC)c(C)c(OC)c4OC)C[C@@H](C(=O)N2Cc2ccccc2)N3C(=O)OCC(C)C)c(OC)c(C)c1OC. The number of rotatable bonds is 11. The Morgan fingerprint density at radius 2 is 1.45 bits per heavy atom. The van der Waals surface area contributed by atoms with Gasteiger partial charge in [-0.05, 0) is 37.5 Å². The van der Waals surface area contributed by atoms with E-state index in [9.17, 15) is 9.59 Å². The molecule has 2 bridgehead atoms. The fourth-order valence-electron chi connectivity index (χ4n) is 7.02. The Morgan fingerprint density at radius 1 is 0.837 bits per heavy atom. The normalized spacial score (nSPS) is 17.5. The summed E-state index contributed by atoms with van der Waals surface area (Å²) in [4.78, 5) is 32.4. The summed E-state index contributed by atoms with van der Waals surface area (Å²) in [6, 6.07) is 9.78. The molecule has 1 fully saturated rings. The lowest BCUT2D eigenvalue weighted by atomic mass is 9.80. The van der Waals surface area contributed by atoms with Crippen LogP contribution in [0.4, 0.5) is 4.79 Å². The summed E-state index contributed by atoms with van der Waals surface area (Å²) < 4.78 is 41.2. The Bertz CT molecular complexity index is 1750. The fourth-order valence-corrected chi connectivity index (χ4v) is 7.02. The van der Waals surface area contributed by atoms with E-state index in [2.05, 4.69) is 0 Å². The molecule has 1 saturated heterocycles. The Kier molecular flexibility index (Phi) is 10.5. The van der Waals surface area contributed by atoms with Crippen molar-refractivity contribution in [1.82, 2.24) is 9.80 Å². The van der Waals surface area contributed by atoms with E-state index in [1.54, 1.807) is 53.6 Å². The zero-order valence-electron chi connectivity index (χ0n) is 30.0. The lowest BCUT2D eigenvalue weighted by Crippen LogP contribution is -2.61. The zero-order valence-corrected chi connectivity index (χ0v) is 30.0. The molecule has 0 aliphatic carbocycles. The van der Waals surface area contributed by atoms with Crippen molar-refractivity contribution in [2.75, 3.05) is 49.3 Å². The molecule has 5 rings (SSSR count). The van der Waals surface area contributed by atoms with Gasteiger partial charge in [0.25, 0.3) is 0 Å². The van der Waals surface area contributed by atoms with Crippen LogP contribution in [-0.4, -0.2) is 77.1 Å². The summed E-state index contributed by atoms with van der Waals surface area (Å²) in [5.74, 6) is 2.83. The molecule has 0 saturated carbocycles. The molecule has 0 spiro atoms. The second kappa shape index (κ2) is 14.6. The van der Waals surface area contributed by atoms with Gasteiger partial charge in [-0.1, -0.05) is 44.2 Å². The summed E-state index contributed by atoms with van der Waals surface area (Å²) >= 11 is 0. The van der Waals surface area contributed by atoms with Crippen molar-refractivity contribution in [3.8, 4) is 34.5 Å². The number of carbonyl (C=O) groups is 2. The van der Waals surface area contributed by atoms with Gasteiger partial charge in [-0.15, -0.1) is 0 Å². The van der Waals surface area contributed by atoms with E-state index >= 15 is 0 Å². The third kappa shape index (κ3) is 6.18. The van der Waals surface area contributed by atoms with Crippen LogP contribution in [-0.2, 0) is 22.5 Å². The Labute approximate surface area is 288 Å². The number of hydrogen-bond donors (Lipinski definition) is 0. The first-order valence-corrected chi connectivity index (χ1v) is 16.2. The Balaban J connectivity index is 1.90. The van der Waals surface area contributed by atoms with E-state index in [0.717, 1.165) is 16.7 Å². The molecule has 0 radical (unpaired) electrons. The topological polar surface area (TPSA) is 105 Å². The molecule has 2 atom stereocenters. The smallest absolute Gasteiger partial charge is 0.411 e. The molecular weight excluding hydrogens is 628 g/mol. The van der Waals surface area contributed by atoms with Crippen molar-refractivity contribution in [1.29, 1.82) is 0 Å². The first-order valence-electron chi connectivity index (χ1n) is 16.2. The van der Waals surface area contributed by atoms with Crippen LogP contribution in [0.15, 0.2) is 42.1 Å². The van der Waals surface area contributed by atoms with Crippen LogP contribution in [0.1, 0.15) is 53.3 Å². The Morgan fingerprint density at radius 3 is 2.02 bits per heavy atom. The highest BCUT2D eigenvalue weighted by molar-refractivity contribution is 5.93. The number of ether oxygens (including phenoxy) is 7. The van der Waals surface area contributed by atoms with Gasteiger partial charge in [0.1, 0.15) is 23.6 Å².